The molecule has 0 aliphatic carbocycles. The first-order chi connectivity index (χ1) is 6.27. The highest BCUT2D eigenvalue weighted by atomic mass is 16.5. The van der Waals surface area contributed by atoms with Crippen LogP contribution in [0.2, 0.25) is 0 Å². The highest BCUT2D eigenvalue weighted by molar-refractivity contribution is 5.36. The predicted octanol–water partition coefficient (Wildman–Crippen LogP) is 1.93. The number of aliphatic hydroxyl groups is 1. The van der Waals surface area contributed by atoms with Gasteiger partial charge in [-0.25, -0.2) is 0 Å². The van der Waals surface area contributed by atoms with Gasteiger partial charge in [0, 0.05) is 0 Å². The molecule has 0 heterocycles. The van der Waals surface area contributed by atoms with Crippen molar-refractivity contribution in [1.82, 2.24) is 0 Å². The Morgan fingerprint density at radius 2 is 2.15 bits per heavy atom. The number of hydrogen-bond donors (Lipinski definition) is 1. The Balaban J connectivity index is 2.73. The van der Waals surface area contributed by atoms with Gasteiger partial charge in [-0.1, -0.05) is 19.1 Å². The maximum absolute atomic E-state index is 8.59. The van der Waals surface area contributed by atoms with Gasteiger partial charge in [-0.05, 0) is 30.5 Å². The predicted molar refractivity (Wildman–Crippen MR) is 53.1 cm³/mol. The summed E-state index contributed by atoms with van der Waals surface area (Å²) < 4.78 is 5.34. The summed E-state index contributed by atoms with van der Waals surface area (Å²) in [4.78, 5) is 0. The summed E-state index contributed by atoms with van der Waals surface area (Å²) in [5, 5.41) is 8.59. The lowest BCUT2D eigenvalue weighted by Gasteiger charge is -2.08. The van der Waals surface area contributed by atoms with Crippen LogP contribution in [0.5, 0.6) is 5.75 Å². The molecule has 0 bridgehead atoms. The average molecular weight is 180 g/mol. The van der Waals surface area contributed by atoms with Crippen molar-refractivity contribution in [1.29, 1.82) is 0 Å². The molecule has 13 heavy (non-hydrogen) atoms. The molecule has 0 unspecified atom stereocenters. The first kappa shape index (κ1) is 10.1. The molecule has 0 spiro atoms. The quantitative estimate of drug-likeness (QED) is 0.767. The van der Waals surface area contributed by atoms with Crippen LogP contribution >= 0.6 is 0 Å². The second kappa shape index (κ2) is 4.87. The van der Waals surface area contributed by atoms with Crippen molar-refractivity contribution in [3.63, 3.8) is 0 Å². The molecule has 0 aromatic heterocycles. The average Bonchev–Trinajstić information content (AvgIpc) is 2.16. The van der Waals surface area contributed by atoms with E-state index >= 15 is 0 Å². The van der Waals surface area contributed by atoms with Gasteiger partial charge in [0.1, 0.15) is 12.4 Å². The minimum Gasteiger partial charge on any atom is -0.491 e. The zero-order chi connectivity index (χ0) is 9.68. The number of ether oxygens (including phenoxy) is 1. The molecule has 0 saturated heterocycles. The van der Waals surface area contributed by atoms with Crippen molar-refractivity contribution >= 4 is 0 Å². The number of hydrogen-bond acceptors (Lipinski definition) is 2. The Morgan fingerprint density at radius 1 is 1.38 bits per heavy atom. The number of aryl methyl sites for hydroxylation is 2. The van der Waals surface area contributed by atoms with Gasteiger partial charge in [0.15, 0.2) is 0 Å². The van der Waals surface area contributed by atoms with Crippen LogP contribution in [0, 0.1) is 6.92 Å². The van der Waals surface area contributed by atoms with Gasteiger partial charge >= 0.3 is 0 Å². The zero-order valence-corrected chi connectivity index (χ0v) is 8.21. The van der Waals surface area contributed by atoms with Crippen molar-refractivity contribution in [3.8, 4) is 5.75 Å². The van der Waals surface area contributed by atoms with E-state index in [0.717, 1.165) is 17.7 Å². The van der Waals surface area contributed by atoms with Gasteiger partial charge in [-0.15, -0.1) is 0 Å². The van der Waals surface area contributed by atoms with Crippen LogP contribution < -0.4 is 4.74 Å². The van der Waals surface area contributed by atoms with E-state index in [-0.39, 0.29) is 6.61 Å². The molecule has 0 amide bonds. The molecule has 0 aliphatic rings. The number of rotatable bonds is 4. The van der Waals surface area contributed by atoms with E-state index in [2.05, 4.69) is 19.1 Å². The van der Waals surface area contributed by atoms with Gasteiger partial charge in [-0.3, -0.25) is 0 Å². The smallest absolute Gasteiger partial charge is 0.122 e. The molecule has 72 valence electrons. The van der Waals surface area contributed by atoms with Gasteiger partial charge in [0.25, 0.3) is 0 Å². The Kier molecular flexibility index (Phi) is 3.77. The second-order valence-corrected chi connectivity index (χ2v) is 3.03. The molecular weight excluding hydrogens is 164 g/mol. The van der Waals surface area contributed by atoms with Crippen LogP contribution in [0.1, 0.15) is 18.1 Å². The Hall–Kier alpha value is -1.02. The molecule has 0 aliphatic heterocycles. The zero-order valence-electron chi connectivity index (χ0n) is 8.21. The second-order valence-electron chi connectivity index (χ2n) is 3.03. The van der Waals surface area contributed by atoms with E-state index in [1.165, 1.54) is 5.56 Å². The standard InChI is InChI=1S/C11H16O2/c1-3-10-4-5-11(9(2)8-10)13-7-6-12/h4-5,8,12H,3,6-7H2,1-2H3. The monoisotopic (exact) mass is 180 g/mol. The summed E-state index contributed by atoms with van der Waals surface area (Å²) in [6.07, 6.45) is 1.04. The third kappa shape index (κ3) is 2.74. The summed E-state index contributed by atoms with van der Waals surface area (Å²) in [7, 11) is 0. The van der Waals surface area contributed by atoms with Crippen LogP contribution in [0.4, 0.5) is 0 Å². The summed E-state index contributed by atoms with van der Waals surface area (Å²) >= 11 is 0. The Morgan fingerprint density at radius 3 is 2.69 bits per heavy atom. The Labute approximate surface area is 79.2 Å². The molecule has 2 heteroatoms. The first-order valence-electron chi connectivity index (χ1n) is 4.61. The fourth-order valence-corrected chi connectivity index (χ4v) is 1.25. The highest BCUT2D eigenvalue weighted by Crippen LogP contribution is 2.19. The summed E-state index contributed by atoms with van der Waals surface area (Å²) in [5.41, 5.74) is 2.45. The maximum atomic E-state index is 8.59. The molecule has 0 saturated carbocycles. The van der Waals surface area contributed by atoms with Crippen molar-refractivity contribution in [3.05, 3.63) is 29.3 Å². The lowest BCUT2D eigenvalue weighted by Crippen LogP contribution is -2.02. The summed E-state index contributed by atoms with van der Waals surface area (Å²) in [6, 6.07) is 6.14. The van der Waals surface area contributed by atoms with E-state index in [4.69, 9.17) is 9.84 Å². The largest absolute Gasteiger partial charge is 0.491 e. The van der Waals surface area contributed by atoms with Crippen LogP contribution in [0.3, 0.4) is 0 Å². The minimum atomic E-state index is 0.0645. The van der Waals surface area contributed by atoms with Crippen LogP contribution in [0.15, 0.2) is 18.2 Å². The third-order valence-electron chi connectivity index (χ3n) is 2.00. The van der Waals surface area contributed by atoms with E-state index in [0.29, 0.717) is 6.61 Å². The van der Waals surface area contributed by atoms with Gasteiger partial charge in [-0.2, -0.15) is 0 Å². The minimum absolute atomic E-state index is 0.0645. The van der Waals surface area contributed by atoms with Crippen molar-refractivity contribution in [2.24, 2.45) is 0 Å². The maximum Gasteiger partial charge on any atom is 0.122 e. The van der Waals surface area contributed by atoms with Crippen molar-refractivity contribution < 1.29 is 9.84 Å². The number of benzene rings is 1. The van der Waals surface area contributed by atoms with Gasteiger partial charge < -0.3 is 9.84 Å². The lowest BCUT2D eigenvalue weighted by molar-refractivity contribution is 0.200. The molecular formula is C11H16O2. The molecule has 0 radical (unpaired) electrons. The Bertz CT molecular complexity index is 269. The molecule has 1 rings (SSSR count). The van der Waals surface area contributed by atoms with Crippen LogP contribution in [0.25, 0.3) is 0 Å². The van der Waals surface area contributed by atoms with Crippen LogP contribution in [-0.4, -0.2) is 18.3 Å². The molecule has 2 nitrogen and oxygen atoms in total. The molecule has 0 fully saturated rings. The van der Waals surface area contributed by atoms with E-state index in [1.807, 2.05) is 13.0 Å². The van der Waals surface area contributed by atoms with E-state index < -0.39 is 0 Å². The van der Waals surface area contributed by atoms with E-state index in [1.54, 1.807) is 0 Å². The molecule has 1 aromatic rings. The topological polar surface area (TPSA) is 29.5 Å². The SMILES string of the molecule is CCc1ccc(OCCO)c(C)c1. The molecule has 0 atom stereocenters. The fourth-order valence-electron chi connectivity index (χ4n) is 1.25. The number of aliphatic hydroxyl groups excluding tert-OH is 1. The normalized spacial score (nSPS) is 10.1. The lowest BCUT2D eigenvalue weighted by atomic mass is 10.1. The fraction of sp³-hybridized carbons (Fsp3) is 0.455. The highest BCUT2D eigenvalue weighted by Gasteiger charge is 1.99. The van der Waals surface area contributed by atoms with Gasteiger partial charge in [0.2, 0.25) is 0 Å². The van der Waals surface area contributed by atoms with Crippen molar-refractivity contribution in [2.75, 3.05) is 13.2 Å². The summed E-state index contributed by atoms with van der Waals surface area (Å²) in [6.45, 7) is 4.58. The van der Waals surface area contributed by atoms with E-state index in [9.17, 15) is 0 Å². The first-order valence-corrected chi connectivity index (χ1v) is 4.61. The summed E-state index contributed by atoms with van der Waals surface area (Å²) in [5.74, 6) is 0.867. The molecule has 1 aromatic carbocycles. The van der Waals surface area contributed by atoms with Gasteiger partial charge in [0.05, 0.1) is 6.61 Å². The molecule has 1 N–H and O–H groups in total. The van der Waals surface area contributed by atoms with Crippen molar-refractivity contribution in [2.45, 2.75) is 20.3 Å². The third-order valence-corrected chi connectivity index (χ3v) is 2.00. The van der Waals surface area contributed by atoms with Crippen LogP contribution in [-0.2, 0) is 6.42 Å².